The zero-order valence-corrected chi connectivity index (χ0v) is 10.1. The van der Waals surface area contributed by atoms with Crippen molar-refractivity contribution in [2.24, 2.45) is 0 Å². The highest BCUT2D eigenvalue weighted by Crippen LogP contribution is 2.37. The van der Waals surface area contributed by atoms with Crippen molar-refractivity contribution < 1.29 is 18.3 Å². The summed E-state index contributed by atoms with van der Waals surface area (Å²) < 4.78 is 36.1. The molecular formula is C14H17F3O. The molecule has 1 aromatic rings. The molecule has 1 N–H and O–H groups in total. The van der Waals surface area contributed by atoms with E-state index < -0.39 is 18.7 Å². The lowest BCUT2D eigenvalue weighted by atomic mass is 9.92. The van der Waals surface area contributed by atoms with E-state index >= 15 is 0 Å². The van der Waals surface area contributed by atoms with Gasteiger partial charge in [0.2, 0.25) is 0 Å². The number of benzene rings is 1. The molecular weight excluding hydrogens is 241 g/mol. The molecule has 0 saturated heterocycles. The van der Waals surface area contributed by atoms with E-state index in [0.717, 1.165) is 18.4 Å². The number of aliphatic hydroxyl groups excluding tert-OH is 1. The fraction of sp³-hybridized carbons (Fsp3) is 0.571. The Morgan fingerprint density at radius 2 is 2.00 bits per heavy atom. The second kappa shape index (κ2) is 5.31. The number of hydrogen-bond acceptors (Lipinski definition) is 1. The van der Waals surface area contributed by atoms with Crippen LogP contribution in [0.25, 0.3) is 0 Å². The molecule has 1 nitrogen and oxygen atoms in total. The topological polar surface area (TPSA) is 20.2 Å². The first-order chi connectivity index (χ1) is 8.47. The minimum absolute atomic E-state index is 0.00331. The van der Waals surface area contributed by atoms with Crippen molar-refractivity contribution in [3.63, 3.8) is 0 Å². The molecule has 0 amide bonds. The molecule has 1 aromatic carbocycles. The van der Waals surface area contributed by atoms with Gasteiger partial charge in [0.15, 0.2) is 0 Å². The molecule has 0 radical (unpaired) electrons. The maximum atomic E-state index is 12.0. The molecule has 2 rings (SSSR count). The molecule has 1 aliphatic rings. The molecule has 0 saturated carbocycles. The van der Waals surface area contributed by atoms with Gasteiger partial charge in [0.25, 0.3) is 0 Å². The number of halogens is 3. The summed E-state index contributed by atoms with van der Waals surface area (Å²) in [5, 5.41) is 10.0. The van der Waals surface area contributed by atoms with Crippen molar-refractivity contribution >= 4 is 0 Å². The van der Waals surface area contributed by atoms with Gasteiger partial charge in [-0.1, -0.05) is 24.3 Å². The Labute approximate surface area is 105 Å². The molecule has 2 atom stereocenters. The van der Waals surface area contributed by atoms with Crippen molar-refractivity contribution in [2.45, 2.75) is 50.3 Å². The number of rotatable bonds is 4. The van der Waals surface area contributed by atoms with Crippen LogP contribution < -0.4 is 0 Å². The number of alkyl halides is 3. The van der Waals surface area contributed by atoms with E-state index in [4.69, 9.17) is 0 Å². The second-order valence-electron chi connectivity index (χ2n) is 4.92. The normalized spacial score (nSPS) is 20.8. The van der Waals surface area contributed by atoms with Gasteiger partial charge < -0.3 is 5.11 Å². The molecule has 0 fully saturated rings. The monoisotopic (exact) mass is 258 g/mol. The van der Waals surface area contributed by atoms with Crippen LogP contribution in [0.5, 0.6) is 0 Å². The number of hydrogen-bond donors (Lipinski definition) is 1. The van der Waals surface area contributed by atoms with Gasteiger partial charge in [0.1, 0.15) is 0 Å². The molecule has 18 heavy (non-hydrogen) atoms. The second-order valence-corrected chi connectivity index (χ2v) is 4.92. The van der Waals surface area contributed by atoms with Crippen LogP contribution >= 0.6 is 0 Å². The standard InChI is InChI=1S/C14H17F3O/c15-14(16,17)9-3-6-13(18)12-8-7-10-4-1-2-5-11(10)12/h1-2,4-5,12-13,18H,3,6-9H2. The summed E-state index contributed by atoms with van der Waals surface area (Å²) in [7, 11) is 0. The summed E-state index contributed by atoms with van der Waals surface area (Å²) in [5.41, 5.74) is 2.33. The van der Waals surface area contributed by atoms with E-state index in [0.29, 0.717) is 0 Å². The van der Waals surface area contributed by atoms with Gasteiger partial charge in [-0.25, -0.2) is 0 Å². The Hall–Kier alpha value is -1.03. The Kier molecular flexibility index (Phi) is 3.95. The van der Waals surface area contributed by atoms with Crippen molar-refractivity contribution in [1.29, 1.82) is 0 Å². The van der Waals surface area contributed by atoms with Crippen LogP contribution in [0.3, 0.4) is 0 Å². The first-order valence-electron chi connectivity index (χ1n) is 6.30. The lowest BCUT2D eigenvalue weighted by molar-refractivity contribution is -0.136. The predicted molar refractivity (Wildman–Crippen MR) is 63.4 cm³/mol. The highest BCUT2D eigenvalue weighted by molar-refractivity contribution is 5.35. The lowest BCUT2D eigenvalue weighted by Crippen LogP contribution is -2.17. The van der Waals surface area contributed by atoms with Gasteiger partial charge in [-0.3, -0.25) is 0 Å². The fourth-order valence-electron chi connectivity index (χ4n) is 2.70. The number of fused-ring (bicyclic) bond motifs is 1. The maximum Gasteiger partial charge on any atom is 0.389 e. The van der Waals surface area contributed by atoms with E-state index in [2.05, 4.69) is 0 Å². The van der Waals surface area contributed by atoms with E-state index in [9.17, 15) is 18.3 Å². The third kappa shape index (κ3) is 3.25. The average Bonchev–Trinajstić information content (AvgIpc) is 2.70. The van der Waals surface area contributed by atoms with Gasteiger partial charge in [0, 0.05) is 12.3 Å². The number of aliphatic hydroxyl groups is 1. The molecule has 0 heterocycles. The van der Waals surface area contributed by atoms with E-state index in [-0.39, 0.29) is 18.8 Å². The van der Waals surface area contributed by atoms with Gasteiger partial charge in [0.05, 0.1) is 6.10 Å². The maximum absolute atomic E-state index is 12.0. The highest BCUT2D eigenvalue weighted by Gasteiger charge is 2.30. The van der Waals surface area contributed by atoms with Crippen LogP contribution in [0.2, 0.25) is 0 Å². The summed E-state index contributed by atoms with van der Waals surface area (Å²) in [6, 6.07) is 7.87. The van der Waals surface area contributed by atoms with Gasteiger partial charge in [-0.05, 0) is 36.8 Å². The molecule has 0 spiro atoms. The fourth-order valence-corrected chi connectivity index (χ4v) is 2.70. The third-order valence-corrected chi connectivity index (χ3v) is 3.60. The number of aryl methyl sites for hydroxylation is 1. The van der Waals surface area contributed by atoms with E-state index in [1.165, 1.54) is 5.56 Å². The van der Waals surface area contributed by atoms with Crippen LogP contribution in [0, 0.1) is 0 Å². The summed E-state index contributed by atoms with van der Waals surface area (Å²) in [4.78, 5) is 0. The molecule has 0 aromatic heterocycles. The zero-order chi connectivity index (χ0) is 13.2. The van der Waals surface area contributed by atoms with E-state index in [1.807, 2.05) is 24.3 Å². The van der Waals surface area contributed by atoms with Crippen molar-refractivity contribution in [1.82, 2.24) is 0 Å². The SMILES string of the molecule is OC(CCCC(F)(F)F)C1CCc2ccccc21. The highest BCUT2D eigenvalue weighted by atomic mass is 19.4. The summed E-state index contributed by atoms with van der Waals surface area (Å²) in [5.74, 6) is 0.00873. The summed E-state index contributed by atoms with van der Waals surface area (Å²) in [6.07, 6.45) is -3.60. The molecule has 100 valence electrons. The minimum atomic E-state index is -4.12. The zero-order valence-electron chi connectivity index (χ0n) is 10.1. The largest absolute Gasteiger partial charge is 0.392 e. The van der Waals surface area contributed by atoms with Crippen LogP contribution in [0.1, 0.15) is 42.7 Å². The molecule has 0 aliphatic heterocycles. The van der Waals surface area contributed by atoms with Gasteiger partial charge in [-0.15, -0.1) is 0 Å². The van der Waals surface area contributed by atoms with Crippen LogP contribution in [0.15, 0.2) is 24.3 Å². The first kappa shape index (κ1) is 13.4. The average molecular weight is 258 g/mol. The summed E-state index contributed by atoms with van der Waals surface area (Å²) >= 11 is 0. The predicted octanol–water partition coefficient (Wildman–Crippen LogP) is 3.81. The molecule has 2 unspecified atom stereocenters. The lowest BCUT2D eigenvalue weighted by Gasteiger charge is -2.19. The van der Waals surface area contributed by atoms with Crippen LogP contribution in [0.4, 0.5) is 13.2 Å². The quantitative estimate of drug-likeness (QED) is 0.870. The van der Waals surface area contributed by atoms with Gasteiger partial charge >= 0.3 is 6.18 Å². The Morgan fingerprint density at radius 1 is 1.28 bits per heavy atom. The van der Waals surface area contributed by atoms with E-state index in [1.54, 1.807) is 0 Å². The summed E-state index contributed by atoms with van der Waals surface area (Å²) in [6.45, 7) is 0. The first-order valence-corrected chi connectivity index (χ1v) is 6.30. The third-order valence-electron chi connectivity index (χ3n) is 3.60. The molecule has 1 aliphatic carbocycles. The van der Waals surface area contributed by atoms with Crippen molar-refractivity contribution in [3.8, 4) is 0 Å². The van der Waals surface area contributed by atoms with Crippen molar-refractivity contribution in [2.75, 3.05) is 0 Å². The van der Waals surface area contributed by atoms with Gasteiger partial charge in [-0.2, -0.15) is 13.2 Å². The Bertz CT molecular complexity index is 400. The minimum Gasteiger partial charge on any atom is -0.392 e. The molecule has 0 bridgehead atoms. The smallest absolute Gasteiger partial charge is 0.389 e. The Balaban J connectivity index is 1.89. The van der Waals surface area contributed by atoms with Crippen LogP contribution in [-0.4, -0.2) is 17.4 Å². The van der Waals surface area contributed by atoms with Crippen molar-refractivity contribution in [3.05, 3.63) is 35.4 Å². The van der Waals surface area contributed by atoms with Crippen LogP contribution in [-0.2, 0) is 6.42 Å². The Morgan fingerprint density at radius 3 is 2.72 bits per heavy atom. The molecule has 4 heteroatoms.